The molecule has 0 aliphatic heterocycles. The van der Waals surface area contributed by atoms with Gasteiger partial charge in [-0.05, 0) is 57.9 Å². The summed E-state index contributed by atoms with van der Waals surface area (Å²) in [6.45, 7) is 0. The molecule has 0 saturated carbocycles. The maximum absolute atomic E-state index is 5.69. The second-order valence-corrected chi connectivity index (χ2v) is 14.2. The van der Waals surface area contributed by atoms with Crippen LogP contribution in [-0.2, 0) is 0 Å². The summed E-state index contributed by atoms with van der Waals surface area (Å²) in [5, 5.41) is 11.8. The van der Waals surface area contributed by atoms with E-state index < -0.39 is 0 Å². The second-order valence-electron chi connectivity index (χ2n) is 14.2. The van der Waals surface area contributed by atoms with E-state index in [4.69, 9.17) is 9.97 Å². The predicted octanol–water partition coefficient (Wildman–Crippen LogP) is 13.0. The topological polar surface area (TPSA) is 35.6 Å². The summed E-state index contributed by atoms with van der Waals surface area (Å²) in [4.78, 5) is 11.3. The number of fused-ring (bicyclic) bond motifs is 13. The molecule has 0 N–H and O–H groups in total. The molecular weight excluding hydrogens is 657 g/mol. The lowest BCUT2D eigenvalue weighted by Crippen LogP contribution is -2.04. The van der Waals surface area contributed by atoms with Crippen LogP contribution in [0.25, 0.3) is 110 Å². The summed E-state index contributed by atoms with van der Waals surface area (Å²) in [6, 6.07) is 65.3. The van der Waals surface area contributed by atoms with Crippen molar-refractivity contribution in [2.24, 2.45) is 0 Å². The first kappa shape index (κ1) is 29.3. The van der Waals surface area contributed by atoms with Crippen LogP contribution in [0.1, 0.15) is 0 Å². The van der Waals surface area contributed by atoms with E-state index in [0.29, 0.717) is 0 Å². The van der Waals surface area contributed by atoms with Crippen molar-refractivity contribution in [3.05, 3.63) is 182 Å². The fourth-order valence-electron chi connectivity index (χ4n) is 8.85. The van der Waals surface area contributed by atoms with Gasteiger partial charge in [-0.3, -0.25) is 4.57 Å². The van der Waals surface area contributed by atoms with Crippen LogP contribution in [0.4, 0.5) is 0 Å². The second kappa shape index (κ2) is 11.1. The molecule has 250 valence electrons. The number of hydrogen-bond acceptors (Lipinski definition) is 2. The van der Waals surface area contributed by atoms with Crippen molar-refractivity contribution in [3.8, 4) is 22.8 Å². The molecule has 0 saturated heterocycles. The first-order valence-corrected chi connectivity index (χ1v) is 18.4. The first-order chi connectivity index (χ1) is 26.8. The lowest BCUT2D eigenvalue weighted by molar-refractivity contribution is 1.08. The van der Waals surface area contributed by atoms with Gasteiger partial charge in [-0.1, -0.05) is 146 Å². The lowest BCUT2D eigenvalue weighted by atomic mass is 9.99. The molecule has 54 heavy (non-hydrogen) atoms. The van der Waals surface area contributed by atoms with Gasteiger partial charge in [0.05, 0.1) is 33.1 Å². The molecular formula is C50H30N4. The fourth-order valence-corrected chi connectivity index (χ4v) is 8.85. The van der Waals surface area contributed by atoms with Gasteiger partial charge < -0.3 is 4.57 Å². The van der Waals surface area contributed by atoms with E-state index in [1.54, 1.807) is 0 Å². The van der Waals surface area contributed by atoms with E-state index in [1.165, 1.54) is 54.1 Å². The van der Waals surface area contributed by atoms with Gasteiger partial charge in [-0.2, -0.15) is 0 Å². The van der Waals surface area contributed by atoms with Crippen LogP contribution in [0.5, 0.6) is 0 Å². The Morgan fingerprint density at radius 3 is 1.48 bits per heavy atom. The standard InChI is InChI=1S/C50H30N4/c1-2-15-32(16-3-1)47-50(52-49-40-23-9-7-19-36(40)35-18-6-8-22-39(35)48(49)51-47)54-44-25-13-11-21-38(44)42-29-45-41(30-46(42)54)37-20-10-12-24-43(37)53(45)34-27-26-31-14-4-5-17-33(31)28-34/h1-30H. The minimum atomic E-state index is 0.818. The van der Waals surface area contributed by atoms with Crippen LogP contribution >= 0.6 is 0 Å². The van der Waals surface area contributed by atoms with Crippen molar-refractivity contribution in [1.29, 1.82) is 0 Å². The molecule has 9 aromatic carbocycles. The highest BCUT2D eigenvalue weighted by molar-refractivity contribution is 6.24. The summed E-state index contributed by atoms with van der Waals surface area (Å²) in [5.74, 6) is 0.818. The molecule has 0 aliphatic rings. The van der Waals surface area contributed by atoms with Gasteiger partial charge >= 0.3 is 0 Å². The number of aromatic nitrogens is 4. The van der Waals surface area contributed by atoms with Gasteiger partial charge in [0, 0.05) is 43.6 Å². The molecule has 4 nitrogen and oxygen atoms in total. The Labute approximate surface area is 309 Å². The monoisotopic (exact) mass is 686 g/mol. The van der Waals surface area contributed by atoms with Gasteiger partial charge in [-0.15, -0.1) is 0 Å². The minimum absolute atomic E-state index is 0.818. The van der Waals surface area contributed by atoms with Gasteiger partial charge in [0.15, 0.2) is 5.82 Å². The molecule has 0 spiro atoms. The van der Waals surface area contributed by atoms with E-state index in [2.05, 4.69) is 191 Å². The third kappa shape index (κ3) is 4.08. The molecule has 0 aliphatic carbocycles. The SMILES string of the molecule is c1ccc(-c2nc3c4ccccc4c4ccccc4c3nc2-n2c3ccccc3c3cc4c(cc32)c2ccccc2n4-c2ccc3ccccc3c2)cc1. The molecule has 0 unspecified atom stereocenters. The van der Waals surface area contributed by atoms with Crippen LogP contribution in [0.3, 0.4) is 0 Å². The highest BCUT2D eigenvalue weighted by Crippen LogP contribution is 2.42. The lowest BCUT2D eigenvalue weighted by Gasteiger charge is -2.16. The Bertz CT molecular complexity index is 3500. The van der Waals surface area contributed by atoms with Crippen molar-refractivity contribution in [2.45, 2.75) is 0 Å². The van der Waals surface area contributed by atoms with Crippen LogP contribution in [0.2, 0.25) is 0 Å². The molecule has 0 atom stereocenters. The van der Waals surface area contributed by atoms with Crippen molar-refractivity contribution < 1.29 is 0 Å². The molecule has 3 aromatic heterocycles. The minimum Gasteiger partial charge on any atom is -0.309 e. The number of para-hydroxylation sites is 2. The third-order valence-electron chi connectivity index (χ3n) is 11.2. The molecule has 3 heterocycles. The normalized spacial score (nSPS) is 12.1. The zero-order valence-corrected chi connectivity index (χ0v) is 29.1. The van der Waals surface area contributed by atoms with Crippen LogP contribution in [0.15, 0.2) is 182 Å². The Hall–Kier alpha value is -7.30. The van der Waals surface area contributed by atoms with Crippen molar-refractivity contribution in [2.75, 3.05) is 0 Å². The van der Waals surface area contributed by atoms with E-state index in [0.717, 1.165) is 55.6 Å². The van der Waals surface area contributed by atoms with Crippen LogP contribution in [0, 0.1) is 0 Å². The smallest absolute Gasteiger partial charge is 0.165 e. The Balaban J connectivity index is 1.24. The highest BCUT2D eigenvalue weighted by Gasteiger charge is 2.23. The summed E-state index contributed by atoms with van der Waals surface area (Å²) in [5.41, 5.74) is 9.39. The van der Waals surface area contributed by atoms with Crippen molar-refractivity contribution >= 4 is 87.0 Å². The molecule has 0 fully saturated rings. The van der Waals surface area contributed by atoms with E-state index in [9.17, 15) is 0 Å². The molecule has 12 rings (SSSR count). The zero-order valence-electron chi connectivity index (χ0n) is 29.1. The van der Waals surface area contributed by atoms with E-state index in [1.807, 2.05) is 0 Å². The maximum Gasteiger partial charge on any atom is 0.165 e. The van der Waals surface area contributed by atoms with Gasteiger partial charge in [0.1, 0.15) is 5.69 Å². The van der Waals surface area contributed by atoms with Gasteiger partial charge in [-0.25, -0.2) is 9.97 Å². The maximum atomic E-state index is 5.69. The largest absolute Gasteiger partial charge is 0.309 e. The fraction of sp³-hybridized carbons (Fsp3) is 0. The molecule has 0 radical (unpaired) electrons. The van der Waals surface area contributed by atoms with Gasteiger partial charge in [0.25, 0.3) is 0 Å². The van der Waals surface area contributed by atoms with Crippen LogP contribution in [-0.4, -0.2) is 19.1 Å². The average molecular weight is 687 g/mol. The molecule has 4 heteroatoms. The number of rotatable bonds is 3. The Morgan fingerprint density at radius 2 is 0.815 bits per heavy atom. The predicted molar refractivity (Wildman–Crippen MR) is 226 cm³/mol. The number of benzene rings is 9. The van der Waals surface area contributed by atoms with Crippen molar-refractivity contribution in [3.63, 3.8) is 0 Å². The zero-order chi connectivity index (χ0) is 35.3. The summed E-state index contributed by atoms with van der Waals surface area (Å²) in [7, 11) is 0. The Morgan fingerprint density at radius 1 is 0.315 bits per heavy atom. The van der Waals surface area contributed by atoms with E-state index in [-0.39, 0.29) is 0 Å². The first-order valence-electron chi connectivity index (χ1n) is 18.4. The Kier molecular flexibility index (Phi) is 6.02. The summed E-state index contributed by atoms with van der Waals surface area (Å²) >= 11 is 0. The quantitative estimate of drug-likeness (QED) is 0.173. The summed E-state index contributed by atoms with van der Waals surface area (Å²) < 4.78 is 4.77. The van der Waals surface area contributed by atoms with Crippen LogP contribution < -0.4 is 0 Å². The third-order valence-corrected chi connectivity index (χ3v) is 11.2. The highest BCUT2D eigenvalue weighted by atomic mass is 15.1. The van der Waals surface area contributed by atoms with Gasteiger partial charge in [0.2, 0.25) is 0 Å². The average Bonchev–Trinajstić information content (AvgIpc) is 3.74. The molecule has 0 amide bonds. The number of hydrogen-bond donors (Lipinski definition) is 0. The van der Waals surface area contributed by atoms with E-state index >= 15 is 0 Å². The molecule has 0 bridgehead atoms. The number of nitrogens with zero attached hydrogens (tertiary/aromatic N) is 4. The van der Waals surface area contributed by atoms with Crippen molar-refractivity contribution in [1.82, 2.24) is 19.1 Å². The summed E-state index contributed by atoms with van der Waals surface area (Å²) in [6.07, 6.45) is 0. The molecule has 12 aromatic rings.